The average molecular weight is 336 g/mol. The number of fused-ring (bicyclic) bond motifs is 3. The van der Waals surface area contributed by atoms with Gasteiger partial charge in [0.15, 0.2) is 0 Å². The van der Waals surface area contributed by atoms with Crippen molar-refractivity contribution in [2.75, 3.05) is 13.2 Å². The van der Waals surface area contributed by atoms with Gasteiger partial charge >= 0.3 is 0 Å². The molecule has 0 heterocycles. The molecule has 0 aliphatic heterocycles. The van der Waals surface area contributed by atoms with Crippen LogP contribution < -0.4 is 0 Å². The molecule has 4 nitrogen and oxygen atoms in total. The first kappa shape index (κ1) is 18.1. The standard InChI is InChI=1S/C20H32O4/c1-18(17(24)11-21)7-6-15-13(8-18)4-5-16-19(2,12-22)9-14(23)10-20(15,16)3/h8,15-17,21-22,24H,4-7,9-12H2,1-3H3/t15-,16-,17?,18+,19+,20+/m1/s1. The Kier molecular flexibility index (Phi) is 4.47. The number of Topliss-reactive ketones (excluding diaryl/α,β-unsaturated/α-hetero) is 1. The second-order valence-electron chi connectivity index (χ2n) is 9.32. The Balaban J connectivity index is 1.97. The number of carbonyl (C=O) groups is 1. The van der Waals surface area contributed by atoms with Crippen LogP contribution in [0, 0.1) is 28.1 Å². The lowest BCUT2D eigenvalue weighted by molar-refractivity contribution is -0.145. The Morgan fingerprint density at radius 1 is 1.21 bits per heavy atom. The zero-order valence-electron chi connectivity index (χ0n) is 15.2. The largest absolute Gasteiger partial charge is 0.396 e. The molecule has 0 saturated heterocycles. The van der Waals surface area contributed by atoms with Crippen LogP contribution in [0.1, 0.15) is 59.3 Å². The quantitative estimate of drug-likeness (QED) is 0.692. The summed E-state index contributed by atoms with van der Waals surface area (Å²) in [4.78, 5) is 12.5. The number of allylic oxidation sites excluding steroid dienone is 1. The number of hydrogen-bond acceptors (Lipinski definition) is 4. The van der Waals surface area contributed by atoms with E-state index in [-0.39, 0.29) is 35.2 Å². The molecule has 2 saturated carbocycles. The lowest BCUT2D eigenvalue weighted by Gasteiger charge is -2.59. The molecule has 3 aliphatic carbocycles. The van der Waals surface area contributed by atoms with Gasteiger partial charge in [0.25, 0.3) is 0 Å². The molecular formula is C20H32O4. The first-order chi connectivity index (χ1) is 11.2. The molecule has 0 amide bonds. The molecule has 0 aromatic rings. The number of rotatable bonds is 3. The van der Waals surface area contributed by atoms with Gasteiger partial charge < -0.3 is 15.3 Å². The van der Waals surface area contributed by atoms with Gasteiger partial charge in [-0.15, -0.1) is 0 Å². The van der Waals surface area contributed by atoms with E-state index in [1.165, 1.54) is 5.57 Å². The Morgan fingerprint density at radius 2 is 1.92 bits per heavy atom. The maximum Gasteiger partial charge on any atom is 0.134 e. The molecular weight excluding hydrogens is 304 g/mol. The normalized spacial score (nSPS) is 46.8. The van der Waals surface area contributed by atoms with Gasteiger partial charge in [-0.3, -0.25) is 4.79 Å². The summed E-state index contributed by atoms with van der Waals surface area (Å²) < 4.78 is 0. The Morgan fingerprint density at radius 3 is 2.54 bits per heavy atom. The van der Waals surface area contributed by atoms with Crippen molar-refractivity contribution in [3.05, 3.63) is 11.6 Å². The fourth-order valence-corrected chi connectivity index (χ4v) is 6.21. The maximum absolute atomic E-state index is 12.5. The molecule has 4 heteroatoms. The summed E-state index contributed by atoms with van der Waals surface area (Å²) in [5.41, 5.74) is 0.580. The van der Waals surface area contributed by atoms with Crippen LogP contribution in [0.4, 0.5) is 0 Å². The van der Waals surface area contributed by atoms with E-state index < -0.39 is 6.10 Å². The van der Waals surface area contributed by atoms with Crippen LogP contribution in [0.15, 0.2) is 11.6 Å². The van der Waals surface area contributed by atoms with Gasteiger partial charge in [-0.2, -0.15) is 0 Å². The smallest absolute Gasteiger partial charge is 0.134 e. The molecule has 0 radical (unpaired) electrons. The van der Waals surface area contributed by atoms with Crippen LogP contribution in [0.2, 0.25) is 0 Å². The van der Waals surface area contributed by atoms with Crippen LogP contribution in [-0.2, 0) is 4.79 Å². The number of carbonyl (C=O) groups excluding carboxylic acids is 1. The van der Waals surface area contributed by atoms with Crippen molar-refractivity contribution >= 4 is 5.78 Å². The summed E-state index contributed by atoms with van der Waals surface area (Å²) in [7, 11) is 0. The van der Waals surface area contributed by atoms with Crippen molar-refractivity contribution in [3.63, 3.8) is 0 Å². The van der Waals surface area contributed by atoms with Crippen LogP contribution >= 0.6 is 0 Å². The van der Waals surface area contributed by atoms with E-state index in [0.717, 1.165) is 25.7 Å². The van der Waals surface area contributed by atoms with Crippen molar-refractivity contribution in [3.8, 4) is 0 Å². The van der Waals surface area contributed by atoms with Crippen molar-refractivity contribution < 1.29 is 20.1 Å². The van der Waals surface area contributed by atoms with Crippen molar-refractivity contribution in [1.82, 2.24) is 0 Å². The molecule has 3 N–H and O–H groups in total. The average Bonchev–Trinajstić information content (AvgIpc) is 2.52. The third kappa shape index (κ3) is 2.58. The molecule has 1 unspecified atom stereocenters. The number of ketones is 1. The molecule has 0 spiro atoms. The number of hydrogen-bond donors (Lipinski definition) is 3. The van der Waals surface area contributed by atoms with E-state index in [4.69, 9.17) is 0 Å². The van der Waals surface area contributed by atoms with E-state index in [1.807, 2.05) is 6.92 Å². The third-order valence-electron chi connectivity index (χ3n) is 7.56. The Labute approximate surface area is 145 Å². The van der Waals surface area contributed by atoms with Gasteiger partial charge in [0, 0.05) is 30.3 Å². The summed E-state index contributed by atoms with van der Waals surface area (Å²) in [6, 6.07) is 0. The highest BCUT2D eigenvalue weighted by Crippen LogP contribution is 2.63. The fraction of sp³-hybridized carbons (Fsp3) is 0.850. The molecule has 6 atom stereocenters. The van der Waals surface area contributed by atoms with Gasteiger partial charge in [0.2, 0.25) is 0 Å². The van der Waals surface area contributed by atoms with E-state index in [1.54, 1.807) is 0 Å². The van der Waals surface area contributed by atoms with Crippen LogP contribution in [0.5, 0.6) is 0 Å². The molecule has 0 aromatic carbocycles. The molecule has 0 bridgehead atoms. The monoisotopic (exact) mass is 336 g/mol. The number of aliphatic hydroxyl groups excluding tert-OH is 3. The third-order valence-corrected chi connectivity index (χ3v) is 7.56. The van der Waals surface area contributed by atoms with Crippen LogP contribution in [0.3, 0.4) is 0 Å². The van der Waals surface area contributed by atoms with E-state index in [2.05, 4.69) is 19.9 Å². The first-order valence-electron chi connectivity index (χ1n) is 9.32. The van der Waals surface area contributed by atoms with E-state index in [0.29, 0.717) is 24.7 Å². The fourth-order valence-electron chi connectivity index (χ4n) is 6.21. The summed E-state index contributed by atoms with van der Waals surface area (Å²) in [5.74, 6) is 0.989. The predicted molar refractivity (Wildman–Crippen MR) is 92.3 cm³/mol. The maximum atomic E-state index is 12.5. The van der Waals surface area contributed by atoms with Crippen molar-refractivity contribution in [2.45, 2.75) is 65.4 Å². The molecule has 0 aromatic heterocycles. The zero-order chi connectivity index (χ0) is 17.8. The summed E-state index contributed by atoms with van der Waals surface area (Å²) in [5, 5.41) is 29.6. The second-order valence-corrected chi connectivity index (χ2v) is 9.32. The highest BCUT2D eigenvalue weighted by atomic mass is 16.3. The topological polar surface area (TPSA) is 77.8 Å². The van der Waals surface area contributed by atoms with Gasteiger partial charge in [-0.1, -0.05) is 32.4 Å². The SMILES string of the molecule is C[C@@]1(CO)CC(=O)C[C@@]2(C)[C@@H]3CC[C@](C)(C(O)CO)C=C3CC[C@H]12. The van der Waals surface area contributed by atoms with Gasteiger partial charge in [0.05, 0.1) is 12.7 Å². The van der Waals surface area contributed by atoms with Gasteiger partial charge in [-0.25, -0.2) is 0 Å². The minimum absolute atomic E-state index is 0.0751. The van der Waals surface area contributed by atoms with Crippen molar-refractivity contribution in [2.24, 2.45) is 28.1 Å². The minimum Gasteiger partial charge on any atom is -0.396 e. The first-order valence-corrected chi connectivity index (χ1v) is 9.32. The Hall–Kier alpha value is -0.710. The van der Waals surface area contributed by atoms with E-state index in [9.17, 15) is 20.1 Å². The summed E-state index contributed by atoms with van der Waals surface area (Å²) >= 11 is 0. The highest BCUT2D eigenvalue weighted by molar-refractivity contribution is 5.81. The highest BCUT2D eigenvalue weighted by Gasteiger charge is 2.58. The van der Waals surface area contributed by atoms with Crippen molar-refractivity contribution in [1.29, 1.82) is 0 Å². The molecule has 24 heavy (non-hydrogen) atoms. The summed E-state index contributed by atoms with van der Waals surface area (Å²) in [6.07, 6.45) is 6.31. The Bertz CT molecular complexity index is 556. The second kappa shape index (κ2) is 5.93. The van der Waals surface area contributed by atoms with E-state index >= 15 is 0 Å². The lowest BCUT2D eigenvalue weighted by atomic mass is 9.45. The molecule has 3 rings (SSSR count). The number of aliphatic hydroxyl groups is 3. The van der Waals surface area contributed by atoms with Gasteiger partial charge in [0.1, 0.15) is 5.78 Å². The van der Waals surface area contributed by atoms with Gasteiger partial charge in [-0.05, 0) is 42.9 Å². The van der Waals surface area contributed by atoms with Crippen LogP contribution in [0.25, 0.3) is 0 Å². The zero-order valence-corrected chi connectivity index (χ0v) is 15.2. The molecule has 136 valence electrons. The van der Waals surface area contributed by atoms with Crippen LogP contribution in [-0.4, -0.2) is 40.4 Å². The minimum atomic E-state index is -0.729. The summed E-state index contributed by atoms with van der Waals surface area (Å²) in [6.45, 7) is 6.20. The molecule has 2 fully saturated rings. The lowest BCUT2D eigenvalue weighted by Crippen LogP contribution is -2.55. The molecule has 3 aliphatic rings. The predicted octanol–water partition coefficient (Wildman–Crippen LogP) is 2.46.